The van der Waals surface area contributed by atoms with E-state index in [1.807, 2.05) is 0 Å². The molecule has 2 nitrogen and oxygen atoms in total. The molecule has 2 aliphatic rings. The van der Waals surface area contributed by atoms with Crippen molar-refractivity contribution in [1.29, 1.82) is 0 Å². The van der Waals surface area contributed by atoms with E-state index in [-0.39, 0.29) is 0 Å². The molecule has 0 radical (unpaired) electrons. The Hall–Kier alpha value is -0.0800. The van der Waals surface area contributed by atoms with Gasteiger partial charge in [-0.25, -0.2) is 0 Å². The molecular weight excluding hydrogens is 138 g/mol. The van der Waals surface area contributed by atoms with Crippen molar-refractivity contribution >= 4 is 0 Å². The highest BCUT2D eigenvalue weighted by atomic mass is 16.5. The lowest BCUT2D eigenvalue weighted by Crippen LogP contribution is -2.48. The van der Waals surface area contributed by atoms with E-state index in [0.717, 1.165) is 12.5 Å². The molecule has 0 saturated carbocycles. The monoisotopic (exact) mass is 155 g/mol. The summed E-state index contributed by atoms with van der Waals surface area (Å²) in [7, 11) is 0. The predicted octanol–water partition coefficient (Wildman–Crippen LogP) is 1.12. The Morgan fingerprint density at radius 2 is 2.27 bits per heavy atom. The summed E-state index contributed by atoms with van der Waals surface area (Å²) in [6.07, 6.45) is 3.11. The summed E-state index contributed by atoms with van der Waals surface area (Å²) in [5, 5.41) is 0. The highest BCUT2D eigenvalue weighted by Crippen LogP contribution is 2.19. The zero-order valence-corrected chi connectivity index (χ0v) is 7.25. The van der Waals surface area contributed by atoms with Gasteiger partial charge in [-0.1, -0.05) is 6.92 Å². The molecule has 1 atom stereocenters. The molecule has 64 valence electrons. The molecule has 0 amide bonds. The minimum absolute atomic E-state index is 0.558. The predicted molar refractivity (Wildman–Crippen MR) is 44.6 cm³/mol. The molecule has 0 aromatic heterocycles. The Bertz CT molecular complexity index is 126. The topological polar surface area (TPSA) is 12.5 Å². The maximum absolute atomic E-state index is 5.55. The van der Waals surface area contributed by atoms with E-state index in [0.29, 0.717) is 6.10 Å². The van der Waals surface area contributed by atoms with E-state index in [9.17, 15) is 0 Å². The summed E-state index contributed by atoms with van der Waals surface area (Å²) in [5.74, 6) is 0.927. The number of ether oxygens (including phenoxy) is 1. The zero-order valence-electron chi connectivity index (χ0n) is 7.25. The van der Waals surface area contributed by atoms with Gasteiger partial charge >= 0.3 is 0 Å². The van der Waals surface area contributed by atoms with Crippen LogP contribution in [-0.4, -0.2) is 37.2 Å². The fourth-order valence-electron chi connectivity index (χ4n) is 2.05. The Labute approximate surface area is 68.5 Å². The van der Waals surface area contributed by atoms with Crippen LogP contribution in [-0.2, 0) is 4.74 Å². The first kappa shape index (κ1) is 7.56. The van der Waals surface area contributed by atoms with Crippen molar-refractivity contribution in [3.63, 3.8) is 0 Å². The third kappa shape index (κ3) is 1.74. The third-order valence-electron chi connectivity index (χ3n) is 2.63. The van der Waals surface area contributed by atoms with Crippen LogP contribution in [0.2, 0.25) is 0 Å². The smallest absolute Gasteiger partial charge is 0.0702 e. The van der Waals surface area contributed by atoms with Gasteiger partial charge in [-0.05, 0) is 18.8 Å². The normalized spacial score (nSPS) is 34.1. The lowest BCUT2D eigenvalue weighted by molar-refractivity contribution is 0.0291. The lowest BCUT2D eigenvalue weighted by atomic mass is 10.0. The lowest BCUT2D eigenvalue weighted by Gasteiger charge is -2.38. The van der Waals surface area contributed by atoms with Crippen molar-refractivity contribution in [2.45, 2.75) is 25.9 Å². The van der Waals surface area contributed by atoms with E-state index >= 15 is 0 Å². The van der Waals surface area contributed by atoms with Gasteiger partial charge in [-0.15, -0.1) is 0 Å². The van der Waals surface area contributed by atoms with Crippen LogP contribution in [0.25, 0.3) is 0 Å². The van der Waals surface area contributed by atoms with Gasteiger partial charge in [-0.2, -0.15) is 0 Å². The van der Waals surface area contributed by atoms with Crippen LogP contribution in [0.15, 0.2) is 0 Å². The summed E-state index contributed by atoms with van der Waals surface area (Å²) in [6.45, 7) is 7.07. The van der Waals surface area contributed by atoms with E-state index in [4.69, 9.17) is 4.74 Å². The summed E-state index contributed by atoms with van der Waals surface area (Å²) in [6, 6.07) is 0. The molecule has 2 aliphatic heterocycles. The number of hydrogen-bond donors (Lipinski definition) is 0. The van der Waals surface area contributed by atoms with Crippen LogP contribution in [0.3, 0.4) is 0 Å². The maximum Gasteiger partial charge on any atom is 0.0702 e. The first-order chi connectivity index (χ1) is 5.34. The fraction of sp³-hybridized carbons (Fsp3) is 1.00. The number of nitrogens with zero attached hydrogens (tertiary/aromatic N) is 1. The Morgan fingerprint density at radius 3 is 2.82 bits per heavy atom. The van der Waals surface area contributed by atoms with Crippen LogP contribution in [0.5, 0.6) is 0 Å². The molecule has 2 saturated heterocycles. The fourth-order valence-corrected chi connectivity index (χ4v) is 2.05. The molecule has 0 N–H and O–H groups in total. The maximum atomic E-state index is 5.55. The summed E-state index contributed by atoms with van der Waals surface area (Å²) in [4.78, 5) is 2.50. The van der Waals surface area contributed by atoms with Crippen molar-refractivity contribution in [3.8, 4) is 0 Å². The Balaban J connectivity index is 1.66. The van der Waals surface area contributed by atoms with E-state index < -0.39 is 0 Å². The van der Waals surface area contributed by atoms with Crippen molar-refractivity contribution in [2.24, 2.45) is 5.92 Å². The SMILES string of the molecule is CC1CN(CC2CCCO2)C1. The molecule has 1 unspecified atom stereocenters. The quantitative estimate of drug-likeness (QED) is 0.592. The van der Waals surface area contributed by atoms with Gasteiger partial charge in [0, 0.05) is 26.2 Å². The van der Waals surface area contributed by atoms with Crippen LogP contribution in [0.1, 0.15) is 19.8 Å². The molecule has 11 heavy (non-hydrogen) atoms. The number of hydrogen-bond acceptors (Lipinski definition) is 2. The largest absolute Gasteiger partial charge is 0.377 e. The molecule has 2 heteroatoms. The van der Waals surface area contributed by atoms with Crippen LogP contribution < -0.4 is 0 Å². The van der Waals surface area contributed by atoms with Gasteiger partial charge in [0.2, 0.25) is 0 Å². The highest BCUT2D eigenvalue weighted by Gasteiger charge is 2.26. The molecule has 0 aromatic rings. The second kappa shape index (κ2) is 3.11. The second-order valence-electron chi connectivity index (χ2n) is 3.96. The van der Waals surface area contributed by atoms with Crippen molar-refractivity contribution in [1.82, 2.24) is 4.90 Å². The van der Waals surface area contributed by atoms with Gasteiger partial charge in [0.15, 0.2) is 0 Å². The molecule has 0 aromatic carbocycles. The van der Waals surface area contributed by atoms with E-state index in [1.54, 1.807) is 0 Å². The van der Waals surface area contributed by atoms with Gasteiger partial charge in [0.05, 0.1) is 6.10 Å². The van der Waals surface area contributed by atoms with Gasteiger partial charge in [0.1, 0.15) is 0 Å². The first-order valence-corrected chi connectivity index (χ1v) is 4.68. The van der Waals surface area contributed by atoms with Crippen LogP contribution in [0.4, 0.5) is 0 Å². The highest BCUT2D eigenvalue weighted by molar-refractivity contribution is 4.79. The van der Waals surface area contributed by atoms with Crippen LogP contribution >= 0.6 is 0 Å². The van der Waals surface area contributed by atoms with E-state index in [1.165, 1.54) is 32.5 Å². The molecule has 0 bridgehead atoms. The third-order valence-corrected chi connectivity index (χ3v) is 2.63. The van der Waals surface area contributed by atoms with E-state index in [2.05, 4.69) is 11.8 Å². The van der Waals surface area contributed by atoms with Gasteiger partial charge in [0.25, 0.3) is 0 Å². The van der Waals surface area contributed by atoms with Crippen LogP contribution in [0, 0.1) is 5.92 Å². The average Bonchev–Trinajstić information content (AvgIpc) is 2.36. The molecule has 0 aliphatic carbocycles. The number of rotatable bonds is 2. The average molecular weight is 155 g/mol. The van der Waals surface area contributed by atoms with Gasteiger partial charge in [-0.3, -0.25) is 0 Å². The van der Waals surface area contributed by atoms with Crippen molar-refractivity contribution < 1.29 is 4.74 Å². The standard InChI is InChI=1S/C9H17NO/c1-8-5-10(6-8)7-9-3-2-4-11-9/h8-9H,2-7H2,1H3. The van der Waals surface area contributed by atoms with Gasteiger partial charge < -0.3 is 9.64 Å². The number of likely N-dealkylation sites (tertiary alicyclic amines) is 1. The minimum atomic E-state index is 0.558. The second-order valence-corrected chi connectivity index (χ2v) is 3.96. The molecule has 2 fully saturated rings. The molecule has 2 heterocycles. The molecule has 0 spiro atoms. The van der Waals surface area contributed by atoms with Crippen molar-refractivity contribution in [2.75, 3.05) is 26.2 Å². The molecular formula is C9H17NO. The van der Waals surface area contributed by atoms with Crippen molar-refractivity contribution in [3.05, 3.63) is 0 Å². The summed E-state index contributed by atoms with van der Waals surface area (Å²) in [5.41, 5.74) is 0. The first-order valence-electron chi connectivity index (χ1n) is 4.68. The Kier molecular flexibility index (Phi) is 2.14. The molecule has 2 rings (SSSR count). The minimum Gasteiger partial charge on any atom is -0.377 e. The summed E-state index contributed by atoms with van der Waals surface area (Å²) < 4.78 is 5.55. The Morgan fingerprint density at radius 1 is 1.45 bits per heavy atom. The summed E-state index contributed by atoms with van der Waals surface area (Å²) >= 11 is 0. The zero-order chi connectivity index (χ0) is 7.68.